The summed E-state index contributed by atoms with van der Waals surface area (Å²) in [5.41, 5.74) is 0. The number of rotatable bonds is 8. The summed E-state index contributed by atoms with van der Waals surface area (Å²) in [7, 11) is 0. The van der Waals surface area contributed by atoms with Crippen LogP contribution in [-0.2, 0) is 4.65 Å². The Balaban J connectivity index is 2.35. The minimum atomic E-state index is 0.481. The van der Waals surface area contributed by atoms with E-state index >= 15 is 0 Å². The van der Waals surface area contributed by atoms with Crippen LogP contribution >= 0.6 is 0 Å². The van der Waals surface area contributed by atoms with Crippen molar-refractivity contribution in [3.63, 3.8) is 0 Å². The van der Waals surface area contributed by atoms with Gasteiger partial charge in [-0.25, -0.2) is 0 Å². The Kier molecular flexibility index (Phi) is 7.47. The van der Waals surface area contributed by atoms with Gasteiger partial charge in [0, 0.05) is 6.42 Å². The first kappa shape index (κ1) is 14.7. The lowest BCUT2D eigenvalue weighted by Gasteiger charge is -2.23. The topological polar surface area (TPSA) is 9.23 Å². The Morgan fingerprint density at radius 2 is 1.88 bits per heavy atom. The van der Waals surface area contributed by atoms with E-state index in [1.165, 1.54) is 56.9 Å². The van der Waals surface area contributed by atoms with Crippen LogP contribution in [0.15, 0.2) is 11.8 Å². The van der Waals surface area contributed by atoms with Gasteiger partial charge in [0.05, 0.1) is 5.76 Å². The summed E-state index contributed by atoms with van der Waals surface area (Å²) < 4.78 is 6.20. The monoisotopic (exact) mass is 236 g/mol. The zero-order valence-electron chi connectivity index (χ0n) is 12.0. The van der Waals surface area contributed by atoms with Gasteiger partial charge in [0.2, 0.25) is 0 Å². The zero-order valence-corrected chi connectivity index (χ0v) is 12.0. The minimum Gasteiger partial charge on any atom is -0.564 e. The summed E-state index contributed by atoms with van der Waals surface area (Å²) >= 11 is 0. The average Bonchev–Trinajstić information content (AvgIpc) is 2.35. The number of hydrogen-bond acceptors (Lipinski definition) is 1. The molecule has 0 saturated heterocycles. The van der Waals surface area contributed by atoms with Crippen molar-refractivity contribution < 1.29 is 4.65 Å². The zero-order chi connectivity index (χ0) is 12.5. The molecule has 0 heterocycles. The highest BCUT2D eigenvalue weighted by atomic mass is 16.4. The van der Waals surface area contributed by atoms with E-state index in [0.29, 0.717) is 6.92 Å². The van der Waals surface area contributed by atoms with Gasteiger partial charge >= 0.3 is 6.92 Å². The molecule has 2 heteroatoms. The molecule has 0 radical (unpaired) electrons. The van der Waals surface area contributed by atoms with Crippen molar-refractivity contribution in [3.05, 3.63) is 11.8 Å². The first-order valence-electron chi connectivity index (χ1n) is 7.61. The molecule has 0 bridgehead atoms. The molecule has 0 aliphatic heterocycles. The third kappa shape index (κ3) is 6.19. The van der Waals surface area contributed by atoms with Crippen LogP contribution in [0.5, 0.6) is 0 Å². The second-order valence-electron chi connectivity index (χ2n) is 5.57. The van der Waals surface area contributed by atoms with Gasteiger partial charge in [-0.2, -0.15) is 0 Å². The third-order valence-corrected chi connectivity index (χ3v) is 3.71. The van der Waals surface area contributed by atoms with Gasteiger partial charge in [0.1, 0.15) is 0 Å². The number of hydrogen-bond donors (Lipinski definition) is 0. The van der Waals surface area contributed by atoms with E-state index in [0.717, 1.165) is 12.3 Å². The van der Waals surface area contributed by atoms with Crippen molar-refractivity contribution in [2.75, 3.05) is 0 Å². The predicted molar refractivity (Wildman–Crippen MR) is 77.4 cm³/mol. The highest BCUT2D eigenvalue weighted by Gasteiger charge is 2.19. The van der Waals surface area contributed by atoms with Crippen molar-refractivity contribution in [1.29, 1.82) is 0 Å². The Morgan fingerprint density at radius 3 is 2.35 bits per heavy atom. The van der Waals surface area contributed by atoms with Crippen LogP contribution in [0.1, 0.15) is 65.7 Å². The minimum absolute atomic E-state index is 0.481. The molecule has 0 spiro atoms. The molecule has 1 rings (SSSR count). The van der Waals surface area contributed by atoms with E-state index in [-0.39, 0.29) is 0 Å². The number of unbranched alkanes of at least 4 members (excludes halogenated alkanes) is 2. The van der Waals surface area contributed by atoms with Crippen LogP contribution in [-0.4, -0.2) is 6.92 Å². The molecular formula is C15H29BO. The van der Waals surface area contributed by atoms with E-state index in [4.69, 9.17) is 4.65 Å². The maximum Gasteiger partial charge on any atom is 0.357 e. The van der Waals surface area contributed by atoms with Gasteiger partial charge in [0.25, 0.3) is 0 Å². The molecule has 1 atom stereocenters. The van der Waals surface area contributed by atoms with Crippen LogP contribution in [0.3, 0.4) is 0 Å². The van der Waals surface area contributed by atoms with Gasteiger partial charge in [-0.15, -0.1) is 0 Å². The molecule has 1 unspecified atom stereocenters. The first-order chi connectivity index (χ1) is 8.26. The summed E-state index contributed by atoms with van der Waals surface area (Å²) in [5.74, 6) is 2.13. The fourth-order valence-corrected chi connectivity index (χ4v) is 2.39. The summed E-state index contributed by atoms with van der Waals surface area (Å²) in [5, 5.41) is 0. The second kappa shape index (κ2) is 8.66. The third-order valence-electron chi connectivity index (χ3n) is 3.71. The summed E-state index contributed by atoms with van der Waals surface area (Å²) in [6.45, 7) is 7.34. The van der Waals surface area contributed by atoms with E-state index < -0.39 is 0 Å². The van der Waals surface area contributed by atoms with Crippen molar-refractivity contribution in [2.24, 2.45) is 5.92 Å². The lowest BCUT2D eigenvalue weighted by molar-refractivity contribution is 0.357. The Labute approximate surface area is 108 Å². The molecule has 0 saturated carbocycles. The van der Waals surface area contributed by atoms with Crippen molar-refractivity contribution >= 4 is 6.92 Å². The van der Waals surface area contributed by atoms with Crippen LogP contribution < -0.4 is 0 Å². The smallest absolute Gasteiger partial charge is 0.357 e. The summed E-state index contributed by atoms with van der Waals surface area (Å²) in [4.78, 5) is 0. The predicted octanol–water partition coefficient (Wildman–Crippen LogP) is 5.30. The average molecular weight is 236 g/mol. The van der Waals surface area contributed by atoms with Gasteiger partial charge in [-0.3, -0.25) is 0 Å². The molecule has 0 N–H and O–H groups in total. The second-order valence-corrected chi connectivity index (χ2v) is 5.57. The Morgan fingerprint density at radius 1 is 1.24 bits per heavy atom. The van der Waals surface area contributed by atoms with Crippen LogP contribution in [0, 0.1) is 5.92 Å². The summed E-state index contributed by atoms with van der Waals surface area (Å²) in [6.07, 6.45) is 13.7. The largest absolute Gasteiger partial charge is 0.564 e. The molecule has 1 aliphatic carbocycles. The van der Waals surface area contributed by atoms with Crippen molar-refractivity contribution in [3.8, 4) is 0 Å². The van der Waals surface area contributed by atoms with Crippen LogP contribution in [0.4, 0.5) is 0 Å². The molecule has 98 valence electrons. The fraction of sp³-hybridized carbons (Fsp3) is 0.867. The molecule has 1 aliphatic rings. The first-order valence-corrected chi connectivity index (χ1v) is 7.61. The van der Waals surface area contributed by atoms with Gasteiger partial charge in [-0.1, -0.05) is 46.5 Å². The van der Waals surface area contributed by atoms with Gasteiger partial charge in [0.15, 0.2) is 0 Å². The molecular weight excluding hydrogens is 207 g/mol. The standard InChI is InChI=1S/C15H29BO/c1-4-6-12-16(13-7-5-2)17-15-10-8-14(3)9-11-15/h10,14H,4-9,11-13H2,1-3H3. The SMILES string of the molecule is CCCCB(CCCC)OC1=CCC(C)CC1. The summed E-state index contributed by atoms with van der Waals surface area (Å²) in [6, 6.07) is 0. The Hall–Kier alpha value is -0.395. The maximum absolute atomic E-state index is 6.20. The lowest BCUT2D eigenvalue weighted by Crippen LogP contribution is -2.19. The van der Waals surface area contributed by atoms with Crippen molar-refractivity contribution in [1.82, 2.24) is 0 Å². The molecule has 0 aromatic rings. The fourth-order valence-electron chi connectivity index (χ4n) is 2.39. The quantitative estimate of drug-likeness (QED) is 0.519. The molecule has 1 nitrogen and oxygen atoms in total. The number of allylic oxidation sites excluding steroid dienone is 2. The van der Waals surface area contributed by atoms with Crippen molar-refractivity contribution in [2.45, 2.75) is 78.4 Å². The van der Waals surface area contributed by atoms with E-state index in [1.54, 1.807) is 0 Å². The highest BCUT2D eigenvalue weighted by molar-refractivity contribution is 6.52. The van der Waals surface area contributed by atoms with E-state index in [9.17, 15) is 0 Å². The maximum atomic E-state index is 6.20. The molecule has 17 heavy (non-hydrogen) atoms. The van der Waals surface area contributed by atoms with E-state index in [1.807, 2.05) is 0 Å². The lowest BCUT2D eigenvalue weighted by atomic mass is 9.59. The Bertz CT molecular complexity index is 217. The van der Waals surface area contributed by atoms with Crippen LogP contribution in [0.2, 0.25) is 12.6 Å². The molecule has 0 aromatic heterocycles. The van der Waals surface area contributed by atoms with Gasteiger partial charge < -0.3 is 4.65 Å². The molecule has 0 aromatic carbocycles. The molecule has 0 amide bonds. The normalized spacial score (nSPS) is 19.9. The highest BCUT2D eigenvalue weighted by Crippen LogP contribution is 2.25. The molecule has 0 fully saturated rings. The van der Waals surface area contributed by atoms with Gasteiger partial charge in [-0.05, 0) is 37.5 Å². The van der Waals surface area contributed by atoms with E-state index in [2.05, 4.69) is 26.8 Å². The van der Waals surface area contributed by atoms with Crippen LogP contribution in [0.25, 0.3) is 0 Å².